The summed E-state index contributed by atoms with van der Waals surface area (Å²) in [6.07, 6.45) is 5.93. The molecule has 0 saturated carbocycles. The van der Waals surface area contributed by atoms with E-state index in [4.69, 9.17) is 28.7 Å². The van der Waals surface area contributed by atoms with Gasteiger partial charge in [0.05, 0.1) is 74.3 Å². The Hall–Kier alpha value is -5.71. The number of hydrogen-bond acceptors (Lipinski definition) is 9. The van der Waals surface area contributed by atoms with Gasteiger partial charge in [0.2, 0.25) is 0 Å². The van der Waals surface area contributed by atoms with E-state index in [1.54, 1.807) is 32.4 Å². The first-order valence-electron chi connectivity index (χ1n) is 19.1. The van der Waals surface area contributed by atoms with Gasteiger partial charge in [-0.15, -0.1) is 0 Å². The van der Waals surface area contributed by atoms with Crippen LogP contribution in [-0.2, 0) is 12.8 Å². The Balaban J connectivity index is 0.909. The van der Waals surface area contributed by atoms with E-state index in [1.807, 2.05) is 52.4 Å². The summed E-state index contributed by atoms with van der Waals surface area (Å²) in [5.74, 6) is 2.55. The molecule has 1 N–H and O–H groups in total. The van der Waals surface area contributed by atoms with E-state index in [-0.39, 0.29) is 29.3 Å². The number of benzene rings is 4. The molecule has 0 bridgehead atoms. The molecule has 0 aromatic heterocycles. The summed E-state index contributed by atoms with van der Waals surface area (Å²) >= 11 is 0. The largest absolute Gasteiger partial charge is 0.494 e. The first kappa shape index (κ1) is 36.3. The van der Waals surface area contributed by atoms with Gasteiger partial charge in [0.15, 0.2) is 23.0 Å². The minimum Gasteiger partial charge on any atom is -0.494 e. The number of nitrogens with zero attached hydrogens (tertiary/aromatic N) is 3. The van der Waals surface area contributed by atoms with E-state index in [2.05, 4.69) is 38.2 Å². The standard InChI is InChI=1S/C44H48N4O7/c1-44(2,3)14-8-15-53-31-13-12-28-19-30-26-46-35-24-41(39(52-5)22-33(35)43(50)48(30)37(28)20-31)55-17-9-16-54-40-23-34-32(21-38(40)51-4)42(49)47-29(25-45-34)18-27-10-6-7-11-36(27)47/h6-7,10-13,20-25,29-30,46H,8-9,14-19,26H2,1-5H3/t29-,30-/m0/s1. The second-order valence-corrected chi connectivity index (χ2v) is 15.7. The molecule has 4 aromatic rings. The lowest BCUT2D eigenvalue weighted by molar-refractivity contribution is 0.0977. The topological polar surface area (TPSA) is 111 Å². The molecule has 0 spiro atoms. The number of rotatable bonds is 12. The van der Waals surface area contributed by atoms with E-state index in [1.165, 1.54) is 0 Å². The number of hydrogen-bond donors (Lipinski definition) is 1. The average molecular weight is 745 g/mol. The predicted molar refractivity (Wildman–Crippen MR) is 214 cm³/mol. The summed E-state index contributed by atoms with van der Waals surface area (Å²) < 4.78 is 29.8. The molecule has 0 fully saturated rings. The normalized spacial score (nSPS) is 17.8. The van der Waals surface area contributed by atoms with Gasteiger partial charge in [0.25, 0.3) is 11.8 Å². The lowest BCUT2D eigenvalue weighted by Gasteiger charge is -2.23. The molecule has 4 heterocycles. The van der Waals surface area contributed by atoms with Gasteiger partial charge < -0.3 is 33.9 Å². The smallest absolute Gasteiger partial charge is 0.261 e. The molecule has 286 valence electrons. The molecule has 2 amide bonds. The first-order valence-corrected chi connectivity index (χ1v) is 19.1. The van der Waals surface area contributed by atoms with Crippen LogP contribution in [0.5, 0.6) is 28.7 Å². The van der Waals surface area contributed by atoms with E-state index in [0.717, 1.165) is 53.9 Å². The molecule has 11 heteroatoms. The van der Waals surface area contributed by atoms with Crippen LogP contribution in [0.1, 0.15) is 71.9 Å². The van der Waals surface area contributed by atoms with Gasteiger partial charge in [0, 0.05) is 49.5 Å². The molecule has 0 aliphatic carbocycles. The number of nitrogens with one attached hydrogen (secondary N) is 1. The van der Waals surface area contributed by atoms with Gasteiger partial charge in [-0.1, -0.05) is 45.0 Å². The van der Waals surface area contributed by atoms with E-state index in [9.17, 15) is 9.59 Å². The Morgan fingerprint density at radius 3 is 2.18 bits per heavy atom. The van der Waals surface area contributed by atoms with Crippen LogP contribution in [0, 0.1) is 5.41 Å². The number of ether oxygens (including phenoxy) is 5. The first-order chi connectivity index (χ1) is 26.6. The van der Waals surface area contributed by atoms with Crippen molar-refractivity contribution in [3.05, 3.63) is 89.0 Å². The zero-order valence-electron chi connectivity index (χ0n) is 32.1. The third-order valence-electron chi connectivity index (χ3n) is 10.7. The van der Waals surface area contributed by atoms with Gasteiger partial charge >= 0.3 is 0 Å². The Morgan fingerprint density at radius 1 is 0.727 bits per heavy atom. The van der Waals surface area contributed by atoms with Crippen molar-refractivity contribution in [2.45, 2.75) is 65.0 Å². The maximum atomic E-state index is 14.1. The molecule has 2 atom stereocenters. The summed E-state index contributed by atoms with van der Waals surface area (Å²) in [4.78, 5) is 36.3. The van der Waals surface area contributed by atoms with Crippen LogP contribution in [0.2, 0.25) is 0 Å². The Labute approximate surface area is 322 Å². The fraction of sp³-hybridized carbons (Fsp3) is 0.386. The Kier molecular flexibility index (Phi) is 9.79. The minimum atomic E-state index is -0.140. The number of methoxy groups -OCH3 is 2. The van der Waals surface area contributed by atoms with Crippen LogP contribution in [-0.4, -0.2) is 70.7 Å². The fourth-order valence-corrected chi connectivity index (χ4v) is 7.93. The highest BCUT2D eigenvalue weighted by Gasteiger charge is 2.39. The van der Waals surface area contributed by atoms with Gasteiger partial charge in [-0.2, -0.15) is 0 Å². The lowest BCUT2D eigenvalue weighted by Crippen LogP contribution is -2.39. The van der Waals surface area contributed by atoms with Crippen molar-refractivity contribution < 1.29 is 33.3 Å². The third-order valence-corrected chi connectivity index (χ3v) is 10.7. The summed E-state index contributed by atoms with van der Waals surface area (Å²) in [5, 5.41) is 3.50. The van der Waals surface area contributed by atoms with Gasteiger partial charge in [-0.3, -0.25) is 19.5 Å². The molecule has 0 saturated heterocycles. The van der Waals surface area contributed by atoms with Crippen LogP contribution in [0.25, 0.3) is 0 Å². The van der Waals surface area contributed by atoms with Crippen molar-refractivity contribution in [3.63, 3.8) is 0 Å². The summed E-state index contributed by atoms with van der Waals surface area (Å²) in [5.41, 5.74) is 6.59. The molecule has 0 radical (unpaired) electrons. The molecule has 4 aromatic carbocycles. The summed E-state index contributed by atoms with van der Waals surface area (Å²) in [7, 11) is 3.13. The summed E-state index contributed by atoms with van der Waals surface area (Å²) in [6.45, 7) is 8.61. The zero-order valence-corrected chi connectivity index (χ0v) is 32.1. The SMILES string of the molecule is COc1cc2c(cc1OCCCOc1cc3c(cc1OC)C(=O)N1c4cc(OCCCC(C)(C)C)ccc4C[C@H]1CN3)N=C[C@@H]1Cc3ccccc3N1C2=O. The molecule has 8 rings (SSSR count). The van der Waals surface area contributed by atoms with E-state index >= 15 is 0 Å². The van der Waals surface area contributed by atoms with Crippen molar-refractivity contribution in [1.29, 1.82) is 0 Å². The van der Waals surface area contributed by atoms with Crippen LogP contribution < -0.4 is 38.8 Å². The van der Waals surface area contributed by atoms with Gasteiger partial charge in [0.1, 0.15) is 5.75 Å². The highest BCUT2D eigenvalue weighted by Crippen LogP contribution is 2.43. The van der Waals surface area contributed by atoms with E-state index in [0.29, 0.717) is 78.3 Å². The van der Waals surface area contributed by atoms with Crippen LogP contribution in [0.4, 0.5) is 22.7 Å². The van der Waals surface area contributed by atoms with Crippen molar-refractivity contribution in [2.24, 2.45) is 10.4 Å². The number of aliphatic imine (C=N–C) groups is 1. The molecular formula is C44H48N4O7. The monoisotopic (exact) mass is 744 g/mol. The Bertz CT molecular complexity index is 2160. The van der Waals surface area contributed by atoms with Crippen molar-refractivity contribution >= 4 is 40.8 Å². The maximum absolute atomic E-state index is 14.1. The number of carbonyl (C=O) groups is 2. The number of amides is 2. The number of para-hydroxylation sites is 1. The van der Waals surface area contributed by atoms with Crippen LogP contribution in [0.15, 0.2) is 71.7 Å². The molecule has 4 aliphatic rings. The van der Waals surface area contributed by atoms with Crippen molar-refractivity contribution in [3.8, 4) is 28.7 Å². The second kappa shape index (κ2) is 14.8. The van der Waals surface area contributed by atoms with Gasteiger partial charge in [-0.25, -0.2) is 0 Å². The number of carbonyl (C=O) groups excluding carboxylic acids is 2. The van der Waals surface area contributed by atoms with E-state index < -0.39 is 0 Å². The molecule has 55 heavy (non-hydrogen) atoms. The molecule has 11 nitrogen and oxygen atoms in total. The predicted octanol–water partition coefficient (Wildman–Crippen LogP) is 8.04. The van der Waals surface area contributed by atoms with Crippen LogP contribution >= 0.6 is 0 Å². The van der Waals surface area contributed by atoms with Gasteiger partial charge in [-0.05, 0) is 60.1 Å². The maximum Gasteiger partial charge on any atom is 0.261 e. The molecule has 0 unspecified atom stereocenters. The highest BCUT2D eigenvalue weighted by molar-refractivity contribution is 6.15. The van der Waals surface area contributed by atoms with Crippen molar-refractivity contribution in [2.75, 3.05) is 55.7 Å². The van der Waals surface area contributed by atoms with Crippen molar-refractivity contribution in [1.82, 2.24) is 0 Å². The quantitative estimate of drug-likeness (QED) is 0.145. The Morgan fingerprint density at radius 2 is 1.42 bits per heavy atom. The number of fused-ring (bicyclic) bond motifs is 8. The second-order valence-electron chi connectivity index (χ2n) is 15.7. The fourth-order valence-electron chi connectivity index (χ4n) is 7.93. The lowest BCUT2D eigenvalue weighted by atomic mass is 9.91. The zero-order chi connectivity index (χ0) is 38.3. The average Bonchev–Trinajstić information content (AvgIpc) is 3.66. The molecular weight excluding hydrogens is 697 g/mol. The summed E-state index contributed by atoms with van der Waals surface area (Å²) in [6, 6.07) is 21.0. The number of anilines is 3. The highest BCUT2D eigenvalue weighted by atomic mass is 16.5. The molecule has 4 aliphatic heterocycles. The van der Waals surface area contributed by atoms with Crippen LogP contribution in [0.3, 0.4) is 0 Å². The minimum absolute atomic E-state index is 0.0267. The third kappa shape index (κ3) is 7.15.